The minimum Gasteiger partial charge on any atom is -0.465 e. The molecule has 1 amide bonds. The van der Waals surface area contributed by atoms with Crippen LogP contribution >= 0.6 is 23.4 Å². The maximum absolute atomic E-state index is 12.1. The van der Waals surface area contributed by atoms with Gasteiger partial charge in [0.15, 0.2) is 0 Å². The van der Waals surface area contributed by atoms with Gasteiger partial charge in [-0.25, -0.2) is 10.2 Å². The van der Waals surface area contributed by atoms with E-state index in [0.29, 0.717) is 10.6 Å². The number of hydrogen-bond donors (Lipinski definition) is 1. The molecule has 0 saturated heterocycles. The van der Waals surface area contributed by atoms with E-state index in [4.69, 9.17) is 16.3 Å². The van der Waals surface area contributed by atoms with Crippen molar-refractivity contribution < 1.29 is 14.3 Å². The lowest BCUT2D eigenvalue weighted by Crippen LogP contribution is -2.19. The molecule has 0 aliphatic heterocycles. The normalized spacial score (nSPS) is 11.0. The number of esters is 1. The van der Waals surface area contributed by atoms with Crippen molar-refractivity contribution in [2.75, 3.05) is 12.9 Å². The smallest absolute Gasteiger partial charge is 0.337 e. The van der Waals surface area contributed by atoms with E-state index in [2.05, 4.69) is 15.1 Å². The fourth-order valence-corrected chi connectivity index (χ4v) is 4.09. The van der Waals surface area contributed by atoms with Gasteiger partial charge in [0.2, 0.25) is 5.91 Å². The topological polar surface area (TPSA) is 72.7 Å². The highest BCUT2D eigenvalue weighted by Crippen LogP contribution is 2.24. The second-order valence-corrected chi connectivity index (χ2v) is 8.68. The zero-order valence-electron chi connectivity index (χ0n) is 18.3. The second-order valence-electron chi connectivity index (χ2n) is 7.19. The molecule has 0 unspecified atom stereocenters. The number of amides is 1. The number of carbonyl (C=O) groups is 2. The van der Waals surface area contributed by atoms with E-state index in [-0.39, 0.29) is 17.6 Å². The Bertz CT molecular complexity index is 1170. The van der Waals surface area contributed by atoms with Gasteiger partial charge >= 0.3 is 5.97 Å². The number of nitrogens with one attached hydrogen (secondary N) is 1. The van der Waals surface area contributed by atoms with Crippen LogP contribution in [0, 0.1) is 20.8 Å². The molecule has 1 N–H and O–H groups in total. The van der Waals surface area contributed by atoms with Crippen LogP contribution in [-0.2, 0) is 9.53 Å². The van der Waals surface area contributed by atoms with Crippen molar-refractivity contribution in [3.05, 3.63) is 81.6 Å². The number of carbonyl (C=O) groups excluding carboxylic acids is 2. The summed E-state index contributed by atoms with van der Waals surface area (Å²) in [6.45, 7) is 5.94. The van der Waals surface area contributed by atoms with E-state index in [9.17, 15) is 9.59 Å². The average molecular weight is 470 g/mol. The summed E-state index contributed by atoms with van der Waals surface area (Å²) in [5.74, 6) is -0.330. The molecule has 0 spiro atoms. The van der Waals surface area contributed by atoms with Crippen molar-refractivity contribution >= 4 is 41.5 Å². The predicted molar refractivity (Wildman–Crippen MR) is 129 cm³/mol. The fourth-order valence-electron chi connectivity index (χ4n) is 3.27. The van der Waals surface area contributed by atoms with Gasteiger partial charge in [-0.2, -0.15) is 5.10 Å². The third-order valence-corrected chi connectivity index (χ3v) is 6.18. The monoisotopic (exact) mass is 469 g/mol. The molecule has 0 aliphatic rings. The van der Waals surface area contributed by atoms with E-state index >= 15 is 0 Å². The Morgan fingerprint density at radius 3 is 2.53 bits per heavy atom. The van der Waals surface area contributed by atoms with E-state index < -0.39 is 0 Å². The number of nitrogens with zero attached hydrogens (tertiary/aromatic N) is 2. The van der Waals surface area contributed by atoms with Crippen LogP contribution in [0.15, 0.2) is 58.5 Å². The van der Waals surface area contributed by atoms with Crippen LogP contribution in [0.1, 0.15) is 32.9 Å². The molecule has 0 saturated carbocycles. The molecule has 0 radical (unpaired) electrons. The molecule has 0 aliphatic carbocycles. The summed E-state index contributed by atoms with van der Waals surface area (Å²) in [6.07, 6.45) is 1.63. The molecule has 0 atom stereocenters. The zero-order chi connectivity index (χ0) is 23.3. The number of benzene rings is 2. The van der Waals surface area contributed by atoms with Crippen molar-refractivity contribution in [1.29, 1.82) is 0 Å². The molecule has 3 rings (SSSR count). The molecule has 8 heteroatoms. The molecule has 0 fully saturated rings. The van der Waals surface area contributed by atoms with Crippen molar-refractivity contribution in [3.8, 4) is 5.69 Å². The first-order chi connectivity index (χ1) is 15.3. The molecule has 32 heavy (non-hydrogen) atoms. The third-order valence-electron chi connectivity index (χ3n) is 4.92. The minimum absolute atomic E-state index is 0.198. The van der Waals surface area contributed by atoms with Gasteiger partial charge in [-0.15, -0.1) is 11.8 Å². The van der Waals surface area contributed by atoms with Gasteiger partial charge in [0, 0.05) is 32.6 Å². The van der Waals surface area contributed by atoms with Crippen LogP contribution in [0.4, 0.5) is 0 Å². The van der Waals surface area contributed by atoms with Crippen molar-refractivity contribution in [1.82, 2.24) is 9.99 Å². The Labute approximate surface area is 196 Å². The van der Waals surface area contributed by atoms with Crippen LogP contribution in [0.2, 0.25) is 5.02 Å². The lowest BCUT2D eigenvalue weighted by Gasteiger charge is -2.14. The molecular formula is C24H24ClN3O3S. The van der Waals surface area contributed by atoms with E-state index in [0.717, 1.165) is 33.1 Å². The fraction of sp³-hybridized carbons (Fsp3) is 0.208. The van der Waals surface area contributed by atoms with Gasteiger partial charge in [0.05, 0.1) is 24.6 Å². The van der Waals surface area contributed by atoms with E-state index in [1.807, 2.05) is 51.1 Å². The molecule has 6 nitrogen and oxygen atoms in total. The summed E-state index contributed by atoms with van der Waals surface area (Å²) < 4.78 is 6.90. The Balaban J connectivity index is 1.71. The van der Waals surface area contributed by atoms with E-state index in [1.165, 1.54) is 18.9 Å². The van der Waals surface area contributed by atoms with Crippen LogP contribution in [0.25, 0.3) is 5.69 Å². The first-order valence-corrected chi connectivity index (χ1v) is 11.2. The van der Waals surface area contributed by atoms with Crippen LogP contribution in [0.5, 0.6) is 0 Å². The summed E-state index contributed by atoms with van der Waals surface area (Å²) >= 11 is 7.28. The van der Waals surface area contributed by atoms with Gasteiger partial charge in [0.25, 0.3) is 0 Å². The number of aryl methyl sites for hydroxylation is 2. The Hall–Kier alpha value is -3.03. The van der Waals surface area contributed by atoms with Crippen molar-refractivity contribution in [3.63, 3.8) is 0 Å². The SMILES string of the molecule is COC(=O)c1ccc(C)c(-n2c(C)cc(/C=N\NC(=O)CSc3ccc(Cl)cc3)c2C)c1. The van der Waals surface area contributed by atoms with Gasteiger partial charge in [-0.05, 0) is 68.8 Å². The molecule has 1 aromatic heterocycles. The first-order valence-electron chi connectivity index (χ1n) is 9.88. The highest BCUT2D eigenvalue weighted by atomic mass is 35.5. The number of rotatable bonds is 7. The first kappa shape index (κ1) is 23.6. The predicted octanol–water partition coefficient (Wildman–Crippen LogP) is 5.08. The standard InChI is InChI=1S/C24H24ClN3O3S/c1-15-5-6-18(24(30)31-4)12-22(15)28-16(2)11-19(17(28)3)13-26-27-23(29)14-32-21-9-7-20(25)8-10-21/h5-13H,14H2,1-4H3,(H,27,29)/b26-13-. The summed E-state index contributed by atoms with van der Waals surface area (Å²) in [4.78, 5) is 25.0. The Morgan fingerprint density at radius 1 is 1.12 bits per heavy atom. The van der Waals surface area contributed by atoms with Gasteiger partial charge < -0.3 is 9.30 Å². The highest BCUT2D eigenvalue weighted by Gasteiger charge is 2.14. The van der Waals surface area contributed by atoms with Crippen molar-refractivity contribution in [2.45, 2.75) is 25.7 Å². The lowest BCUT2D eigenvalue weighted by molar-refractivity contribution is -0.118. The number of aromatic nitrogens is 1. The number of thioether (sulfide) groups is 1. The number of methoxy groups -OCH3 is 1. The zero-order valence-corrected chi connectivity index (χ0v) is 19.9. The molecule has 2 aromatic carbocycles. The summed E-state index contributed by atoms with van der Waals surface area (Å²) in [5.41, 5.74) is 7.77. The number of ether oxygens (including phenoxy) is 1. The molecule has 1 heterocycles. The van der Waals surface area contributed by atoms with Gasteiger partial charge in [-0.1, -0.05) is 17.7 Å². The highest BCUT2D eigenvalue weighted by molar-refractivity contribution is 8.00. The van der Waals surface area contributed by atoms with Crippen LogP contribution in [-0.4, -0.2) is 35.5 Å². The van der Waals surface area contributed by atoms with Crippen molar-refractivity contribution in [2.24, 2.45) is 5.10 Å². The van der Waals surface area contributed by atoms with Gasteiger partial charge in [0.1, 0.15) is 0 Å². The number of hydrogen-bond acceptors (Lipinski definition) is 5. The quantitative estimate of drug-likeness (QED) is 0.226. The largest absolute Gasteiger partial charge is 0.465 e. The molecule has 166 valence electrons. The Morgan fingerprint density at radius 2 is 1.84 bits per heavy atom. The number of hydrazone groups is 1. The lowest BCUT2D eigenvalue weighted by atomic mass is 10.1. The van der Waals surface area contributed by atoms with Gasteiger partial charge in [-0.3, -0.25) is 4.79 Å². The van der Waals surface area contributed by atoms with Crippen LogP contribution in [0.3, 0.4) is 0 Å². The minimum atomic E-state index is -0.380. The average Bonchev–Trinajstić information content (AvgIpc) is 3.06. The summed E-state index contributed by atoms with van der Waals surface area (Å²) in [7, 11) is 1.37. The number of halogens is 1. The van der Waals surface area contributed by atoms with E-state index in [1.54, 1.807) is 24.4 Å². The molecule has 3 aromatic rings. The molecular weight excluding hydrogens is 446 g/mol. The van der Waals surface area contributed by atoms with Crippen LogP contribution < -0.4 is 5.43 Å². The second kappa shape index (κ2) is 10.5. The maximum Gasteiger partial charge on any atom is 0.337 e. The maximum atomic E-state index is 12.1. The Kier molecular flexibility index (Phi) is 7.77. The molecule has 0 bridgehead atoms. The summed E-state index contributed by atoms with van der Waals surface area (Å²) in [5, 5.41) is 4.77. The third kappa shape index (κ3) is 5.60. The summed E-state index contributed by atoms with van der Waals surface area (Å²) in [6, 6.07) is 14.8.